The summed E-state index contributed by atoms with van der Waals surface area (Å²) in [5.41, 5.74) is 5.70. The summed E-state index contributed by atoms with van der Waals surface area (Å²) >= 11 is 0. The smallest absolute Gasteiger partial charge is 0.338 e. The Morgan fingerprint density at radius 1 is 1.38 bits per heavy atom. The van der Waals surface area contributed by atoms with Gasteiger partial charge in [0.05, 0.1) is 6.04 Å². The minimum Gasteiger partial charge on any atom is -0.338 e. The number of rotatable bonds is 4. The van der Waals surface area contributed by atoms with Crippen LogP contribution in [0.3, 0.4) is 0 Å². The van der Waals surface area contributed by atoms with E-state index in [4.69, 9.17) is 5.73 Å². The maximum absolute atomic E-state index is 12.0. The van der Waals surface area contributed by atoms with Gasteiger partial charge in [-0.25, -0.2) is 0 Å². The van der Waals surface area contributed by atoms with Crippen LogP contribution < -0.4 is 5.73 Å². The molecule has 0 radical (unpaired) electrons. The molecule has 1 aromatic heterocycles. The van der Waals surface area contributed by atoms with Crippen LogP contribution in [0.2, 0.25) is 0 Å². The van der Waals surface area contributed by atoms with Gasteiger partial charge in [-0.1, -0.05) is 19.0 Å². The highest BCUT2D eigenvalue weighted by molar-refractivity contribution is 4.93. The highest BCUT2D eigenvalue weighted by Crippen LogP contribution is 2.21. The first-order valence-corrected chi connectivity index (χ1v) is 4.92. The molecule has 0 saturated heterocycles. The first-order chi connectivity index (χ1) is 7.28. The Bertz CT molecular complexity index is 335. The summed E-state index contributed by atoms with van der Waals surface area (Å²) in [7, 11) is 0. The van der Waals surface area contributed by atoms with E-state index in [0.29, 0.717) is 12.3 Å². The van der Waals surface area contributed by atoms with E-state index in [1.165, 1.54) is 0 Å². The number of hydrogen-bond acceptors (Lipinski definition) is 4. The summed E-state index contributed by atoms with van der Waals surface area (Å²) in [6.07, 6.45) is -4.93. The lowest BCUT2D eigenvalue weighted by Crippen LogP contribution is -2.15. The van der Waals surface area contributed by atoms with Crippen LogP contribution >= 0.6 is 0 Å². The van der Waals surface area contributed by atoms with Gasteiger partial charge in [0, 0.05) is 0 Å². The second-order valence-electron chi connectivity index (χ2n) is 4.08. The van der Waals surface area contributed by atoms with E-state index in [1.807, 2.05) is 13.8 Å². The van der Waals surface area contributed by atoms with Gasteiger partial charge in [0.25, 0.3) is 0 Å². The second-order valence-corrected chi connectivity index (χ2v) is 4.08. The summed E-state index contributed by atoms with van der Waals surface area (Å²) < 4.78 is 40.7. The van der Waals surface area contributed by atoms with Crippen molar-refractivity contribution in [2.45, 2.75) is 38.9 Å². The third-order valence-electron chi connectivity index (χ3n) is 1.88. The van der Waals surface area contributed by atoms with Crippen LogP contribution in [0.1, 0.15) is 38.0 Å². The molecule has 0 spiro atoms. The van der Waals surface area contributed by atoms with Crippen molar-refractivity contribution in [3.63, 3.8) is 0 Å². The van der Waals surface area contributed by atoms with Crippen LogP contribution in [0.25, 0.3) is 0 Å². The third-order valence-corrected chi connectivity index (χ3v) is 1.88. The minimum atomic E-state index is -4.33. The Hall–Kier alpha value is -1.11. The lowest BCUT2D eigenvalue weighted by molar-refractivity contribution is -0.128. The van der Waals surface area contributed by atoms with Gasteiger partial charge in [0.2, 0.25) is 5.89 Å². The van der Waals surface area contributed by atoms with Crippen LogP contribution in [-0.2, 0) is 6.42 Å². The van der Waals surface area contributed by atoms with Crippen LogP contribution in [0.15, 0.2) is 4.52 Å². The van der Waals surface area contributed by atoms with Gasteiger partial charge in [-0.05, 0) is 12.3 Å². The van der Waals surface area contributed by atoms with E-state index in [9.17, 15) is 13.2 Å². The molecule has 0 fully saturated rings. The minimum absolute atomic E-state index is 0.0629. The van der Waals surface area contributed by atoms with E-state index in [-0.39, 0.29) is 11.7 Å². The average molecular weight is 237 g/mol. The van der Waals surface area contributed by atoms with Crippen molar-refractivity contribution in [2.75, 3.05) is 0 Å². The van der Waals surface area contributed by atoms with Crippen LogP contribution in [-0.4, -0.2) is 16.3 Å². The average Bonchev–Trinajstić information content (AvgIpc) is 2.48. The molecule has 0 aliphatic carbocycles. The first kappa shape index (κ1) is 13.0. The molecule has 16 heavy (non-hydrogen) atoms. The summed E-state index contributed by atoms with van der Waals surface area (Å²) in [6, 6.07) is -0.505. The van der Waals surface area contributed by atoms with E-state index in [1.54, 1.807) is 0 Å². The summed E-state index contributed by atoms with van der Waals surface area (Å²) in [6.45, 7) is 3.90. The summed E-state index contributed by atoms with van der Waals surface area (Å²) in [5, 5.41) is 3.24. The standard InChI is InChI=1S/C9H14F3N3O/c1-5(2)3-6(13)8-14-7(15-16-8)4-9(10,11)12/h5-6H,3-4,13H2,1-2H3. The molecule has 1 rings (SSSR count). The van der Waals surface area contributed by atoms with Crippen molar-refractivity contribution in [1.29, 1.82) is 0 Å². The highest BCUT2D eigenvalue weighted by atomic mass is 19.4. The van der Waals surface area contributed by atoms with E-state index >= 15 is 0 Å². The largest absolute Gasteiger partial charge is 0.396 e. The number of aromatic nitrogens is 2. The molecule has 0 aromatic carbocycles. The summed E-state index contributed by atoms with van der Waals surface area (Å²) in [4.78, 5) is 3.63. The predicted molar refractivity (Wildman–Crippen MR) is 50.4 cm³/mol. The zero-order valence-corrected chi connectivity index (χ0v) is 9.08. The molecule has 92 valence electrons. The molecule has 1 atom stereocenters. The summed E-state index contributed by atoms with van der Waals surface area (Å²) in [5.74, 6) is 0.00243. The molecular formula is C9H14F3N3O. The molecule has 0 aliphatic rings. The van der Waals surface area contributed by atoms with E-state index < -0.39 is 18.6 Å². The Kier molecular flexibility index (Phi) is 3.90. The molecule has 0 bridgehead atoms. The fourth-order valence-electron chi connectivity index (χ4n) is 1.28. The molecule has 0 amide bonds. The van der Waals surface area contributed by atoms with Crippen molar-refractivity contribution in [1.82, 2.24) is 10.1 Å². The Balaban J connectivity index is 2.64. The monoisotopic (exact) mass is 237 g/mol. The fourth-order valence-corrected chi connectivity index (χ4v) is 1.28. The van der Waals surface area contributed by atoms with Gasteiger partial charge in [-0.15, -0.1) is 0 Å². The number of halogens is 3. The Morgan fingerprint density at radius 3 is 2.50 bits per heavy atom. The van der Waals surface area contributed by atoms with Gasteiger partial charge < -0.3 is 10.3 Å². The third kappa shape index (κ3) is 4.18. The molecule has 0 saturated carbocycles. The van der Waals surface area contributed by atoms with Gasteiger partial charge in [0.15, 0.2) is 5.82 Å². The molecule has 0 aliphatic heterocycles. The topological polar surface area (TPSA) is 64.9 Å². The zero-order chi connectivity index (χ0) is 12.3. The molecule has 1 aromatic rings. The Morgan fingerprint density at radius 2 is 2.00 bits per heavy atom. The number of nitrogens with zero attached hydrogens (tertiary/aromatic N) is 2. The lowest BCUT2D eigenvalue weighted by atomic mass is 10.0. The van der Waals surface area contributed by atoms with Crippen LogP contribution in [0.5, 0.6) is 0 Å². The predicted octanol–water partition coefficient (Wildman–Crippen LogP) is 2.22. The van der Waals surface area contributed by atoms with Gasteiger partial charge >= 0.3 is 6.18 Å². The van der Waals surface area contributed by atoms with Gasteiger partial charge in [-0.3, -0.25) is 0 Å². The number of alkyl halides is 3. The molecule has 2 N–H and O–H groups in total. The van der Waals surface area contributed by atoms with Crippen molar-refractivity contribution in [3.05, 3.63) is 11.7 Å². The quantitative estimate of drug-likeness (QED) is 0.872. The fraction of sp³-hybridized carbons (Fsp3) is 0.778. The molecule has 4 nitrogen and oxygen atoms in total. The highest BCUT2D eigenvalue weighted by Gasteiger charge is 2.31. The normalized spacial score (nSPS) is 14.4. The number of hydrogen-bond donors (Lipinski definition) is 1. The SMILES string of the molecule is CC(C)CC(N)c1nc(CC(F)(F)F)no1. The van der Waals surface area contributed by atoms with Crippen molar-refractivity contribution >= 4 is 0 Å². The first-order valence-electron chi connectivity index (χ1n) is 4.92. The van der Waals surface area contributed by atoms with Crippen LogP contribution in [0, 0.1) is 5.92 Å². The maximum Gasteiger partial charge on any atom is 0.396 e. The molecular weight excluding hydrogens is 223 g/mol. The van der Waals surface area contributed by atoms with E-state index in [0.717, 1.165) is 0 Å². The van der Waals surface area contributed by atoms with Crippen LogP contribution in [0.4, 0.5) is 13.2 Å². The molecule has 7 heteroatoms. The molecule has 1 unspecified atom stereocenters. The van der Waals surface area contributed by atoms with E-state index in [2.05, 4.69) is 14.7 Å². The Labute approximate surface area is 91.0 Å². The lowest BCUT2D eigenvalue weighted by Gasteiger charge is -2.08. The van der Waals surface area contributed by atoms with Gasteiger partial charge in [0.1, 0.15) is 6.42 Å². The van der Waals surface area contributed by atoms with Crippen molar-refractivity contribution < 1.29 is 17.7 Å². The van der Waals surface area contributed by atoms with Crippen molar-refractivity contribution in [2.24, 2.45) is 11.7 Å². The second kappa shape index (κ2) is 4.82. The number of nitrogens with two attached hydrogens (primary N) is 1. The van der Waals surface area contributed by atoms with Gasteiger partial charge in [-0.2, -0.15) is 18.2 Å². The van der Waals surface area contributed by atoms with Crippen molar-refractivity contribution in [3.8, 4) is 0 Å². The zero-order valence-electron chi connectivity index (χ0n) is 9.08. The maximum atomic E-state index is 12.0. The molecule has 1 heterocycles.